The van der Waals surface area contributed by atoms with Gasteiger partial charge in [-0.25, -0.2) is 0 Å². The fourth-order valence-electron chi connectivity index (χ4n) is 1.45. The van der Waals surface area contributed by atoms with Gasteiger partial charge in [0.15, 0.2) is 0 Å². The van der Waals surface area contributed by atoms with E-state index in [0.717, 1.165) is 15.7 Å². The van der Waals surface area contributed by atoms with Gasteiger partial charge in [-0.05, 0) is 37.1 Å². The first-order valence-electron chi connectivity index (χ1n) is 5.39. The van der Waals surface area contributed by atoms with E-state index in [9.17, 15) is 9.90 Å². The predicted octanol–water partition coefficient (Wildman–Crippen LogP) is 2.40. The second kappa shape index (κ2) is 6.61. The van der Waals surface area contributed by atoms with E-state index < -0.39 is 12.1 Å². The fraction of sp³-hybridized carbons (Fsp3) is 0.417. The average Bonchev–Trinajstić information content (AvgIpc) is 2.25. The molecule has 1 unspecified atom stereocenters. The van der Waals surface area contributed by atoms with Crippen molar-refractivity contribution in [3.05, 3.63) is 28.2 Å². The van der Waals surface area contributed by atoms with Gasteiger partial charge >= 0.3 is 5.97 Å². The van der Waals surface area contributed by atoms with Gasteiger partial charge in [0.05, 0.1) is 6.10 Å². The molecule has 0 radical (unpaired) electrons. The summed E-state index contributed by atoms with van der Waals surface area (Å²) in [6, 6.07) is 5.81. The smallest absolute Gasteiger partial charge is 0.303 e. The third-order valence-electron chi connectivity index (χ3n) is 2.41. The van der Waals surface area contributed by atoms with Crippen LogP contribution >= 0.6 is 15.9 Å². The van der Waals surface area contributed by atoms with Crippen molar-refractivity contribution in [2.45, 2.75) is 25.9 Å². The molecule has 4 nitrogen and oxygen atoms in total. The van der Waals surface area contributed by atoms with Crippen LogP contribution in [0.15, 0.2) is 22.7 Å². The van der Waals surface area contributed by atoms with Crippen LogP contribution in [0, 0.1) is 6.92 Å². The molecule has 0 aromatic heterocycles. The Hall–Kier alpha value is -1.07. The van der Waals surface area contributed by atoms with Crippen LogP contribution < -0.4 is 5.32 Å². The summed E-state index contributed by atoms with van der Waals surface area (Å²) in [7, 11) is 0. The van der Waals surface area contributed by atoms with Gasteiger partial charge in [-0.3, -0.25) is 4.79 Å². The van der Waals surface area contributed by atoms with E-state index >= 15 is 0 Å². The molecular formula is C12H16BrNO3. The van der Waals surface area contributed by atoms with Gasteiger partial charge in [0, 0.05) is 23.1 Å². The SMILES string of the molecule is Cc1cc(Br)ccc1NCC(O)CCC(=O)O. The number of aliphatic carboxylic acids is 1. The van der Waals surface area contributed by atoms with Crippen LogP contribution in [-0.2, 0) is 4.79 Å². The molecule has 0 aliphatic rings. The number of benzene rings is 1. The Balaban J connectivity index is 2.41. The zero-order chi connectivity index (χ0) is 12.8. The van der Waals surface area contributed by atoms with Gasteiger partial charge in [0.25, 0.3) is 0 Å². The quantitative estimate of drug-likeness (QED) is 0.754. The molecule has 0 amide bonds. The van der Waals surface area contributed by atoms with Crippen molar-refractivity contribution in [3.8, 4) is 0 Å². The van der Waals surface area contributed by atoms with Gasteiger partial charge in [0.1, 0.15) is 0 Å². The van der Waals surface area contributed by atoms with Gasteiger partial charge in [-0.2, -0.15) is 0 Å². The maximum Gasteiger partial charge on any atom is 0.303 e. The van der Waals surface area contributed by atoms with Crippen molar-refractivity contribution in [2.75, 3.05) is 11.9 Å². The van der Waals surface area contributed by atoms with Gasteiger partial charge < -0.3 is 15.5 Å². The second-order valence-electron chi connectivity index (χ2n) is 3.93. The Labute approximate surface area is 109 Å². The topological polar surface area (TPSA) is 69.6 Å². The van der Waals surface area contributed by atoms with Crippen LogP contribution in [0.2, 0.25) is 0 Å². The molecule has 5 heteroatoms. The van der Waals surface area contributed by atoms with E-state index in [0.29, 0.717) is 6.54 Å². The first-order valence-corrected chi connectivity index (χ1v) is 6.18. The highest BCUT2D eigenvalue weighted by molar-refractivity contribution is 9.10. The molecular weight excluding hydrogens is 286 g/mol. The Morgan fingerprint density at radius 2 is 2.24 bits per heavy atom. The number of aliphatic hydroxyl groups is 1. The minimum atomic E-state index is -0.885. The van der Waals surface area contributed by atoms with Crippen molar-refractivity contribution in [1.82, 2.24) is 0 Å². The number of hydrogen-bond acceptors (Lipinski definition) is 3. The highest BCUT2D eigenvalue weighted by Gasteiger charge is 2.07. The maximum atomic E-state index is 10.3. The lowest BCUT2D eigenvalue weighted by Crippen LogP contribution is -2.20. The monoisotopic (exact) mass is 301 g/mol. The third kappa shape index (κ3) is 5.19. The van der Waals surface area contributed by atoms with E-state index in [-0.39, 0.29) is 12.8 Å². The molecule has 1 rings (SSSR count). The zero-order valence-electron chi connectivity index (χ0n) is 9.61. The molecule has 0 saturated carbocycles. The Morgan fingerprint density at radius 3 is 2.82 bits per heavy atom. The molecule has 3 N–H and O–H groups in total. The summed E-state index contributed by atoms with van der Waals surface area (Å²) in [6.07, 6.45) is -0.394. The zero-order valence-corrected chi connectivity index (χ0v) is 11.2. The standard InChI is InChI=1S/C12H16BrNO3/c1-8-6-9(13)2-4-11(8)14-7-10(15)3-5-12(16)17/h2,4,6,10,14-15H,3,5,7H2,1H3,(H,16,17). The summed E-state index contributed by atoms with van der Waals surface area (Å²) < 4.78 is 1.01. The molecule has 0 bridgehead atoms. The van der Waals surface area contributed by atoms with Crippen molar-refractivity contribution in [2.24, 2.45) is 0 Å². The fourth-order valence-corrected chi connectivity index (χ4v) is 1.92. The minimum Gasteiger partial charge on any atom is -0.481 e. The van der Waals surface area contributed by atoms with Crippen LogP contribution in [0.25, 0.3) is 0 Å². The lowest BCUT2D eigenvalue weighted by molar-refractivity contribution is -0.137. The Kier molecular flexibility index (Phi) is 5.44. The number of aryl methyl sites for hydroxylation is 1. The Morgan fingerprint density at radius 1 is 1.53 bits per heavy atom. The van der Waals surface area contributed by atoms with Gasteiger partial charge in [-0.15, -0.1) is 0 Å². The number of nitrogens with one attached hydrogen (secondary N) is 1. The lowest BCUT2D eigenvalue weighted by Gasteiger charge is -2.13. The highest BCUT2D eigenvalue weighted by Crippen LogP contribution is 2.20. The van der Waals surface area contributed by atoms with Crippen molar-refractivity contribution in [3.63, 3.8) is 0 Å². The summed E-state index contributed by atoms with van der Waals surface area (Å²) in [5.41, 5.74) is 2.02. The normalized spacial score (nSPS) is 12.2. The molecule has 0 spiro atoms. The number of carboxylic acid groups (broad SMARTS) is 1. The minimum absolute atomic E-state index is 0.0117. The van der Waals surface area contributed by atoms with Crippen molar-refractivity contribution < 1.29 is 15.0 Å². The summed E-state index contributed by atoms with van der Waals surface area (Å²) >= 11 is 3.37. The number of carboxylic acids is 1. The molecule has 17 heavy (non-hydrogen) atoms. The van der Waals surface area contributed by atoms with E-state index in [1.165, 1.54) is 0 Å². The first kappa shape index (κ1) is 14.0. The van der Waals surface area contributed by atoms with Gasteiger partial charge in [0.2, 0.25) is 0 Å². The highest BCUT2D eigenvalue weighted by atomic mass is 79.9. The van der Waals surface area contributed by atoms with E-state index in [1.54, 1.807) is 0 Å². The summed E-state index contributed by atoms with van der Waals surface area (Å²) in [5.74, 6) is -0.885. The Bertz CT molecular complexity index is 395. The number of rotatable bonds is 6. The molecule has 0 aliphatic heterocycles. The molecule has 94 valence electrons. The molecule has 0 saturated heterocycles. The molecule has 0 aliphatic carbocycles. The maximum absolute atomic E-state index is 10.3. The van der Waals surface area contributed by atoms with Crippen LogP contribution in [0.3, 0.4) is 0 Å². The number of aliphatic hydroxyl groups excluding tert-OH is 1. The van der Waals surface area contributed by atoms with E-state index in [1.807, 2.05) is 25.1 Å². The van der Waals surface area contributed by atoms with Crippen LogP contribution in [0.1, 0.15) is 18.4 Å². The molecule has 1 atom stereocenters. The number of carbonyl (C=O) groups is 1. The lowest BCUT2D eigenvalue weighted by atomic mass is 10.1. The van der Waals surface area contributed by atoms with Gasteiger partial charge in [-0.1, -0.05) is 15.9 Å². The second-order valence-corrected chi connectivity index (χ2v) is 4.84. The number of anilines is 1. The third-order valence-corrected chi connectivity index (χ3v) is 2.90. The summed E-state index contributed by atoms with van der Waals surface area (Å²) in [5, 5.41) is 21.2. The van der Waals surface area contributed by atoms with E-state index in [4.69, 9.17) is 5.11 Å². The van der Waals surface area contributed by atoms with Crippen molar-refractivity contribution in [1.29, 1.82) is 0 Å². The number of hydrogen-bond donors (Lipinski definition) is 3. The molecule has 0 heterocycles. The first-order chi connectivity index (χ1) is 7.99. The predicted molar refractivity (Wildman–Crippen MR) is 70.2 cm³/mol. The summed E-state index contributed by atoms with van der Waals surface area (Å²) in [4.78, 5) is 10.3. The van der Waals surface area contributed by atoms with Crippen molar-refractivity contribution >= 4 is 27.6 Å². The number of halogens is 1. The van der Waals surface area contributed by atoms with Crippen LogP contribution in [0.4, 0.5) is 5.69 Å². The molecule has 1 aromatic carbocycles. The van der Waals surface area contributed by atoms with Crippen LogP contribution in [0.5, 0.6) is 0 Å². The largest absolute Gasteiger partial charge is 0.481 e. The average molecular weight is 302 g/mol. The summed E-state index contributed by atoms with van der Waals surface area (Å²) in [6.45, 7) is 2.33. The molecule has 1 aromatic rings. The van der Waals surface area contributed by atoms with E-state index in [2.05, 4.69) is 21.2 Å². The van der Waals surface area contributed by atoms with Crippen LogP contribution in [-0.4, -0.2) is 28.8 Å². The molecule has 0 fully saturated rings.